The van der Waals surface area contributed by atoms with Gasteiger partial charge in [-0.05, 0) is 17.7 Å². The monoisotopic (exact) mass is 345 g/mol. The average Bonchev–Trinajstić information content (AvgIpc) is 3.09. The number of pyridine rings is 1. The molecule has 25 heavy (non-hydrogen) atoms. The predicted octanol–water partition coefficient (Wildman–Crippen LogP) is 1.20. The lowest BCUT2D eigenvalue weighted by Gasteiger charge is -2.11. The Morgan fingerprint density at radius 2 is 1.64 bits per heavy atom. The smallest absolute Gasteiger partial charge is 0.343 e. The van der Waals surface area contributed by atoms with Crippen LogP contribution in [-0.4, -0.2) is 37.5 Å². The van der Waals surface area contributed by atoms with E-state index >= 15 is 0 Å². The quantitative estimate of drug-likeness (QED) is 0.769. The zero-order valence-electron chi connectivity index (χ0n) is 13.6. The van der Waals surface area contributed by atoms with Crippen LogP contribution in [0.25, 0.3) is 0 Å². The third-order valence-corrected chi connectivity index (χ3v) is 3.69. The second-order valence-corrected chi connectivity index (χ2v) is 5.26. The molecule has 0 fully saturated rings. The summed E-state index contributed by atoms with van der Waals surface area (Å²) in [6.07, 6.45) is 2.68. The molecule has 130 valence electrons. The van der Waals surface area contributed by atoms with Gasteiger partial charge < -0.3 is 23.5 Å². The molecule has 0 amide bonds. The number of benzene rings is 1. The highest BCUT2D eigenvalue weighted by Gasteiger charge is 2.20. The van der Waals surface area contributed by atoms with Crippen LogP contribution in [0.3, 0.4) is 0 Å². The maximum absolute atomic E-state index is 12.3. The third kappa shape index (κ3) is 3.18. The minimum absolute atomic E-state index is 0.162. The number of methoxy groups -OCH3 is 2. The molecule has 2 heterocycles. The second-order valence-electron chi connectivity index (χ2n) is 5.26. The first-order valence-corrected chi connectivity index (χ1v) is 7.32. The lowest BCUT2D eigenvalue weighted by atomic mass is 10.1. The largest absolute Gasteiger partial charge is 0.465 e. The summed E-state index contributed by atoms with van der Waals surface area (Å²) in [5.41, 5.74) is -0.391. The number of aromatic nitrogens is 1. The predicted molar refractivity (Wildman–Crippen MR) is 85.0 cm³/mol. The molecule has 1 aromatic heterocycles. The zero-order valence-corrected chi connectivity index (χ0v) is 13.6. The van der Waals surface area contributed by atoms with Crippen molar-refractivity contribution in [2.24, 2.45) is 0 Å². The number of ether oxygens (including phenoxy) is 4. The van der Waals surface area contributed by atoms with Gasteiger partial charge in [-0.25, -0.2) is 9.59 Å². The van der Waals surface area contributed by atoms with E-state index in [1.54, 1.807) is 12.1 Å². The van der Waals surface area contributed by atoms with Gasteiger partial charge in [0.15, 0.2) is 11.5 Å². The molecule has 8 heteroatoms. The van der Waals surface area contributed by atoms with Gasteiger partial charge in [-0.1, -0.05) is 6.07 Å². The van der Waals surface area contributed by atoms with Crippen LogP contribution in [0.5, 0.6) is 11.5 Å². The van der Waals surface area contributed by atoms with Gasteiger partial charge in [-0.15, -0.1) is 0 Å². The Labute approximate surface area is 142 Å². The van der Waals surface area contributed by atoms with Crippen molar-refractivity contribution in [2.45, 2.75) is 6.54 Å². The number of fused-ring (bicyclic) bond motifs is 1. The van der Waals surface area contributed by atoms with Gasteiger partial charge in [0.2, 0.25) is 12.2 Å². The highest BCUT2D eigenvalue weighted by molar-refractivity contribution is 5.94. The number of carbonyl (C=O) groups excluding carboxylic acids is 2. The summed E-state index contributed by atoms with van der Waals surface area (Å²) in [7, 11) is 2.32. The van der Waals surface area contributed by atoms with Crippen molar-refractivity contribution in [3.8, 4) is 11.5 Å². The fraction of sp³-hybridized carbons (Fsp3) is 0.235. The topological polar surface area (TPSA) is 93.1 Å². The zero-order chi connectivity index (χ0) is 18.0. The SMILES string of the molecule is COC(=O)c1cn(Cc2ccc3c(c2)OCO3)cc(C(=O)OC)c1=O. The van der Waals surface area contributed by atoms with E-state index in [1.165, 1.54) is 17.0 Å². The van der Waals surface area contributed by atoms with E-state index in [4.69, 9.17) is 9.47 Å². The van der Waals surface area contributed by atoms with Gasteiger partial charge in [0, 0.05) is 18.9 Å². The van der Waals surface area contributed by atoms with E-state index < -0.39 is 17.4 Å². The molecule has 0 unspecified atom stereocenters. The summed E-state index contributed by atoms with van der Waals surface area (Å²) in [5.74, 6) is -0.389. The molecular formula is C17H15NO7. The molecule has 1 aliphatic heterocycles. The van der Waals surface area contributed by atoms with E-state index in [2.05, 4.69) is 9.47 Å². The third-order valence-electron chi connectivity index (χ3n) is 3.69. The lowest BCUT2D eigenvalue weighted by molar-refractivity contribution is 0.0594. The fourth-order valence-corrected chi connectivity index (χ4v) is 2.48. The number of carbonyl (C=O) groups is 2. The Morgan fingerprint density at radius 1 is 1.04 bits per heavy atom. The minimum Gasteiger partial charge on any atom is -0.465 e. The van der Waals surface area contributed by atoms with Gasteiger partial charge in [0.25, 0.3) is 0 Å². The van der Waals surface area contributed by atoms with Crippen LogP contribution in [0.15, 0.2) is 35.4 Å². The van der Waals surface area contributed by atoms with E-state index in [0.717, 1.165) is 19.8 Å². The number of hydrogen-bond donors (Lipinski definition) is 0. The first-order valence-electron chi connectivity index (χ1n) is 7.32. The van der Waals surface area contributed by atoms with Crippen LogP contribution in [0, 0.1) is 0 Å². The Balaban J connectivity index is 2.01. The molecule has 0 bridgehead atoms. The van der Waals surface area contributed by atoms with Crippen molar-refractivity contribution in [1.82, 2.24) is 4.57 Å². The summed E-state index contributed by atoms with van der Waals surface area (Å²) < 4.78 is 21.3. The molecule has 0 aliphatic carbocycles. The van der Waals surface area contributed by atoms with Crippen LogP contribution in [0.2, 0.25) is 0 Å². The summed E-state index contributed by atoms with van der Waals surface area (Å²) in [4.78, 5) is 35.9. The molecule has 8 nitrogen and oxygen atoms in total. The van der Waals surface area contributed by atoms with Crippen molar-refractivity contribution < 1.29 is 28.5 Å². The number of hydrogen-bond acceptors (Lipinski definition) is 7. The molecule has 3 rings (SSSR count). The first-order chi connectivity index (χ1) is 12.0. The van der Waals surface area contributed by atoms with Gasteiger partial charge >= 0.3 is 11.9 Å². The molecule has 2 aromatic rings. The van der Waals surface area contributed by atoms with Crippen molar-refractivity contribution in [3.63, 3.8) is 0 Å². The van der Waals surface area contributed by atoms with E-state index in [1.807, 2.05) is 6.07 Å². The second kappa shape index (κ2) is 6.68. The Bertz CT molecular complexity index is 860. The van der Waals surface area contributed by atoms with Crippen molar-refractivity contribution in [2.75, 3.05) is 21.0 Å². The van der Waals surface area contributed by atoms with E-state index in [9.17, 15) is 14.4 Å². The normalized spacial score (nSPS) is 11.9. The summed E-state index contributed by atoms with van der Waals surface area (Å²) in [5, 5.41) is 0. The van der Waals surface area contributed by atoms with Gasteiger partial charge in [-0.3, -0.25) is 4.79 Å². The van der Waals surface area contributed by atoms with Crippen LogP contribution in [-0.2, 0) is 16.0 Å². The Hall–Kier alpha value is -3.29. The molecule has 1 aliphatic rings. The number of nitrogens with zero attached hydrogens (tertiary/aromatic N) is 1. The highest BCUT2D eigenvalue weighted by Crippen LogP contribution is 2.32. The molecule has 0 saturated carbocycles. The fourth-order valence-electron chi connectivity index (χ4n) is 2.48. The van der Waals surface area contributed by atoms with Crippen LogP contribution >= 0.6 is 0 Å². The molecule has 1 aromatic carbocycles. The van der Waals surface area contributed by atoms with Crippen LogP contribution in [0.4, 0.5) is 0 Å². The maximum Gasteiger partial charge on any atom is 0.343 e. The minimum atomic E-state index is -0.824. The van der Waals surface area contributed by atoms with Crippen molar-refractivity contribution in [3.05, 3.63) is 57.5 Å². The van der Waals surface area contributed by atoms with E-state index in [-0.39, 0.29) is 17.9 Å². The van der Waals surface area contributed by atoms with Gasteiger partial charge in [0.1, 0.15) is 11.1 Å². The maximum atomic E-state index is 12.3. The molecule has 0 spiro atoms. The van der Waals surface area contributed by atoms with Crippen LogP contribution < -0.4 is 14.9 Å². The summed E-state index contributed by atoms with van der Waals surface area (Å²) in [6, 6.07) is 5.37. The molecule has 0 saturated heterocycles. The number of esters is 2. The lowest BCUT2D eigenvalue weighted by Crippen LogP contribution is -2.26. The summed E-state index contributed by atoms with van der Waals surface area (Å²) in [6.45, 7) is 0.459. The van der Waals surface area contributed by atoms with Gasteiger partial charge in [0.05, 0.1) is 14.2 Å². The molecule has 0 radical (unpaired) electrons. The standard InChI is InChI=1S/C17H15NO7/c1-22-16(20)11-7-18(8-12(15(11)19)17(21)23-2)6-10-3-4-13-14(5-10)25-9-24-13/h3-5,7-8H,6,9H2,1-2H3. The van der Waals surface area contributed by atoms with E-state index in [0.29, 0.717) is 18.0 Å². The first kappa shape index (κ1) is 16.6. The average molecular weight is 345 g/mol. The molecule has 0 atom stereocenters. The van der Waals surface area contributed by atoms with Crippen molar-refractivity contribution in [1.29, 1.82) is 0 Å². The van der Waals surface area contributed by atoms with Crippen molar-refractivity contribution >= 4 is 11.9 Å². The van der Waals surface area contributed by atoms with Gasteiger partial charge in [-0.2, -0.15) is 0 Å². The molecular weight excluding hydrogens is 330 g/mol. The highest BCUT2D eigenvalue weighted by atomic mass is 16.7. The Morgan fingerprint density at radius 3 is 2.24 bits per heavy atom. The van der Waals surface area contributed by atoms with Crippen LogP contribution in [0.1, 0.15) is 26.3 Å². The Kier molecular flexibility index (Phi) is 4.42. The summed E-state index contributed by atoms with van der Waals surface area (Å²) >= 11 is 0. The number of rotatable bonds is 4. The molecule has 0 N–H and O–H groups in total.